The molecule has 0 aliphatic carbocycles. The minimum Gasteiger partial charge on any atom is -0.162 e. The third kappa shape index (κ3) is 17.8. The summed E-state index contributed by atoms with van der Waals surface area (Å²) in [6.45, 7) is 8.44. The van der Waals surface area contributed by atoms with Crippen LogP contribution in [-0.4, -0.2) is 11.5 Å². The molecule has 9 heavy (non-hydrogen) atoms. The fourth-order valence-electron chi connectivity index (χ4n) is 0.391. The standard InChI is InChI=1S/C6H14S.C2H6/c1-3-5-6-7-4-2;1-2/h3-6H2,1-2H3;1-2H3. The zero-order valence-electron chi connectivity index (χ0n) is 7.24. The second-order valence-corrected chi connectivity index (χ2v) is 2.94. The molecule has 0 amide bonds. The van der Waals surface area contributed by atoms with Crippen LogP contribution in [0.3, 0.4) is 0 Å². The van der Waals surface area contributed by atoms with E-state index in [0.717, 1.165) is 0 Å². The predicted molar refractivity (Wildman–Crippen MR) is 49.3 cm³/mol. The first-order chi connectivity index (χ1) is 4.41. The van der Waals surface area contributed by atoms with E-state index in [1.807, 2.05) is 25.6 Å². The molecule has 0 aromatic carbocycles. The van der Waals surface area contributed by atoms with Crippen molar-refractivity contribution in [2.75, 3.05) is 11.5 Å². The van der Waals surface area contributed by atoms with E-state index < -0.39 is 0 Å². The zero-order valence-corrected chi connectivity index (χ0v) is 8.05. The Kier molecular flexibility index (Phi) is 21.1. The van der Waals surface area contributed by atoms with Crippen LogP contribution >= 0.6 is 11.8 Å². The molecular formula is C8H20S. The van der Waals surface area contributed by atoms with Gasteiger partial charge in [0.15, 0.2) is 0 Å². The topological polar surface area (TPSA) is 0 Å². The number of hydrogen-bond acceptors (Lipinski definition) is 1. The van der Waals surface area contributed by atoms with Crippen LogP contribution in [0.4, 0.5) is 0 Å². The predicted octanol–water partition coefficient (Wildman–Crippen LogP) is 3.57. The van der Waals surface area contributed by atoms with Gasteiger partial charge in [-0.2, -0.15) is 11.8 Å². The van der Waals surface area contributed by atoms with Gasteiger partial charge in [0.25, 0.3) is 0 Å². The van der Waals surface area contributed by atoms with Crippen LogP contribution in [0.25, 0.3) is 0 Å². The summed E-state index contributed by atoms with van der Waals surface area (Å²) in [5, 5.41) is 0. The smallest absolute Gasteiger partial charge is 0.00677 e. The molecule has 0 aromatic heterocycles. The molecule has 0 atom stereocenters. The first-order valence-corrected chi connectivity index (χ1v) is 5.15. The Balaban J connectivity index is 0. The first-order valence-electron chi connectivity index (χ1n) is 3.99. The van der Waals surface area contributed by atoms with Crippen molar-refractivity contribution in [1.82, 2.24) is 0 Å². The van der Waals surface area contributed by atoms with E-state index in [9.17, 15) is 0 Å². The fraction of sp³-hybridized carbons (Fsp3) is 1.00. The highest BCUT2D eigenvalue weighted by atomic mass is 32.2. The van der Waals surface area contributed by atoms with Crippen LogP contribution < -0.4 is 0 Å². The van der Waals surface area contributed by atoms with Gasteiger partial charge in [-0.25, -0.2) is 0 Å². The summed E-state index contributed by atoms with van der Waals surface area (Å²) in [5.41, 5.74) is 0. The SMILES string of the molecule is CC.CCCCSCC. The van der Waals surface area contributed by atoms with Crippen molar-refractivity contribution in [2.45, 2.75) is 40.5 Å². The summed E-state index contributed by atoms with van der Waals surface area (Å²) in [7, 11) is 0. The van der Waals surface area contributed by atoms with Gasteiger partial charge in [0, 0.05) is 0 Å². The lowest BCUT2D eigenvalue weighted by molar-refractivity contribution is 0.896. The van der Waals surface area contributed by atoms with E-state index in [1.54, 1.807) is 0 Å². The fourth-order valence-corrected chi connectivity index (χ4v) is 1.17. The molecule has 0 aliphatic rings. The Labute approximate surface area is 64.4 Å². The summed E-state index contributed by atoms with van der Waals surface area (Å²) in [5.74, 6) is 2.63. The zero-order chi connectivity index (χ0) is 7.54. The monoisotopic (exact) mass is 148 g/mol. The summed E-state index contributed by atoms with van der Waals surface area (Å²) in [4.78, 5) is 0. The van der Waals surface area contributed by atoms with Crippen LogP contribution in [0.5, 0.6) is 0 Å². The first kappa shape index (κ1) is 12.1. The number of hydrogen-bond donors (Lipinski definition) is 0. The Morgan fingerprint density at radius 1 is 1.11 bits per heavy atom. The Bertz CT molecular complexity index is 23.7. The summed E-state index contributed by atoms with van der Waals surface area (Å²) < 4.78 is 0. The molecule has 0 nitrogen and oxygen atoms in total. The van der Waals surface area contributed by atoms with E-state index in [1.165, 1.54) is 24.3 Å². The summed E-state index contributed by atoms with van der Waals surface area (Å²) in [6, 6.07) is 0. The lowest BCUT2D eigenvalue weighted by Crippen LogP contribution is -1.76. The normalized spacial score (nSPS) is 8.00. The van der Waals surface area contributed by atoms with Crippen molar-refractivity contribution in [2.24, 2.45) is 0 Å². The van der Waals surface area contributed by atoms with Gasteiger partial charge in [0.05, 0.1) is 0 Å². The van der Waals surface area contributed by atoms with Gasteiger partial charge in [-0.3, -0.25) is 0 Å². The molecule has 0 radical (unpaired) electrons. The van der Waals surface area contributed by atoms with Gasteiger partial charge < -0.3 is 0 Å². The van der Waals surface area contributed by atoms with E-state index in [0.29, 0.717) is 0 Å². The van der Waals surface area contributed by atoms with Gasteiger partial charge in [-0.05, 0) is 17.9 Å². The van der Waals surface area contributed by atoms with Gasteiger partial charge in [-0.15, -0.1) is 0 Å². The lowest BCUT2D eigenvalue weighted by Gasteiger charge is -1.91. The van der Waals surface area contributed by atoms with Gasteiger partial charge in [-0.1, -0.05) is 34.1 Å². The Morgan fingerprint density at radius 3 is 2.00 bits per heavy atom. The highest BCUT2D eigenvalue weighted by Gasteiger charge is 1.79. The second kappa shape index (κ2) is 15.8. The second-order valence-electron chi connectivity index (χ2n) is 1.55. The summed E-state index contributed by atoms with van der Waals surface area (Å²) >= 11 is 2.03. The molecule has 0 aliphatic heterocycles. The van der Waals surface area contributed by atoms with E-state index >= 15 is 0 Å². The lowest BCUT2D eigenvalue weighted by atomic mass is 10.4. The average Bonchev–Trinajstić information content (AvgIpc) is 1.94. The molecule has 0 aromatic rings. The van der Waals surface area contributed by atoms with Crippen LogP contribution in [0.1, 0.15) is 40.5 Å². The molecule has 0 spiro atoms. The van der Waals surface area contributed by atoms with Crippen LogP contribution in [0.2, 0.25) is 0 Å². The third-order valence-electron chi connectivity index (χ3n) is 0.846. The van der Waals surface area contributed by atoms with Gasteiger partial charge >= 0.3 is 0 Å². The van der Waals surface area contributed by atoms with Crippen LogP contribution in [0, 0.1) is 0 Å². The van der Waals surface area contributed by atoms with Crippen molar-refractivity contribution in [3.05, 3.63) is 0 Å². The molecular weight excluding hydrogens is 128 g/mol. The van der Waals surface area contributed by atoms with Crippen molar-refractivity contribution in [3.8, 4) is 0 Å². The highest BCUT2D eigenvalue weighted by Crippen LogP contribution is 2.01. The quantitative estimate of drug-likeness (QED) is 0.549. The van der Waals surface area contributed by atoms with Crippen molar-refractivity contribution in [1.29, 1.82) is 0 Å². The maximum Gasteiger partial charge on any atom is -0.00677 e. The molecule has 0 saturated carbocycles. The number of unbranched alkanes of at least 4 members (excludes halogenated alkanes) is 1. The Morgan fingerprint density at radius 2 is 1.67 bits per heavy atom. The third-order valence-corrected chi connectivity index (χ3v) is 1.83. The van der Waals surface area contributed by atoms with Crippen molar-refractivity contribution in [3.63, 3.8) is 0 Å². The van der Waals surface area contributed by atoms with E-state index in [4.69, 9.17) is 0 Å². The number of rotatable bonds is 4. The maximum atomic E-state index is 2.23. The molecule has 0 fully saturated rings. The van der Waals surface area contributed by atoms with E-state index in [2.05, 4.69) is 13.8 Å². The summed E-state index contributed by atoms with van der Waals surface area (Å²) in [6.07, 6.45) is 2.73. The molecule has 1 heteroatoms. The highest BCUT2D eigenvalue weighted by molar-refractivity contribution is 7.99. The molecule has 0 unspecified atom stereocenters. The Hall–Kier alpha value is 0.350. The minimum absolute atomic E-state index is 1.28. The molecule has 0 N–H and O–H groups in total. The average molecular weight is 148 g/mol. The largest absolute Gasteiger partial charge is 0.162 e. The molecule has 58 valence electrons. The van der Waals surface area contributed by atoms with E-state index in [-0.39, 0.29) is 0 Å². The molecule has 0 saturated heterocycles. The molecule has 0 rings (SSSR count). The van der Waals surface area contributed by atoms with Crippen LogP contribution in [-0.2, 0) is 0 Å². The molecule has 0 bridgehead atoms. The van der Waals surface area contributed by atoms with Crippen LogP contribution in [0.15, 0.2) is 0 Å². The van der Waals surface area contributed by atoms with Crippen molar-refractivity contribution < 1.29 is 0 Å². The number of thioether (sulfide) groups is 1. The van der Waals surface area contributed by atoms with Gasteiger partial charge in [0.1, 0.15) is 0 Å². The molecule has 0 heterocycles. The van der Waals surface area contributed by atoms with Crippen molar-refractivity contribution >= 4 is 11.8 Å². The minimum atomic E-state index is 1.28. The maximum absolute atomic E-state index is 2.23. The van der Waals surface area contributed by atoms with Gasteiger partial charge in [0.2, 0.25) is 0 Å².